The van der Waals surface area contributed by atoms with Crippen molar-refractivity contribution >= 4 is 11.7 Å². The van der Waals surface area contributed by atoms with Gasteiger partial charge in [0.15, 0.2) is 5.75 Å². The summed E-state index contributed by atoms with van der Waals surface area (Å²) in [6.45, 7) is 6.46. The van der Waals surface area contributed by atoms with Gasteiger partial charge in [0.2, 0.25) is 0 Å². The van der Waals surface area contributed by atoms with Crippen LogP contribution in [0, 0.1) is 15.5 Å². The molecule has 6 heteroatoms. The molecule has 0 saturated carbocycles. The molecule has 0 aliphatic carbocycles. The van der Waals surface area contributed by atoms with Crippen molar-refractivity contribution in [1.29, 1.82) is 0 Å². The normalized spacial score (nSPS) is 11.1. The highest BCUT2D eigenvalue weighted by Gasteiger charge is 2.19. The van der Waals surface area contributed by atoms with Gasteiger partial charge in [-0.05, 0) is 24.0 Å². The highest BCUT2D eigenvalue weighted by Crippen LogP contribution is 2.29. The standard InChI is InChI=1S/C13H17NO5/c1-13(2,3)6-7-19-11-5-4-9(12(15)16)8-10(11)14(17)18/h4-5,8H,6-7H2,1-3H3,(H,15,16). The topological polar surface area (TPSA) is 89.7 Å². The molecule has 1 rings (SSSR count). The van der Waals surface area contributed by atoms with E-state index in [1.807, 2.05) is 20.8 Å². The zero-order valence-electron chi connectivity index (χ0n) is 11.2. The van der Waals surface area contributed by atoms with E-state index in [0.717, 1.165) is 12.5 Å². The number of rotatable bonds is 5. The van der Waals surface area contributed by atoms with E-state index < -0.39 is 10.9 Å². The summed E-state index contributed by atoms with van der Waals surface area (Å²) in [5.74, 6) is -1.11. The van der Waals surface area contributed by atoms with Crippen LogP contribution >= 0.6 is 0 Å². The Hall–Kier alpha value is -2.11. The van der Waals surface area contributed by atoms with E-state index >= 15 is 0 Å². The summed E-state index contributed by atoms with van der Waals surface area (Å²) >= 11 is 0. The van der Waals surface area contributed by atoms with Crippen LogP contribution < -0.4 is 4.74 Å². The molecule has 0 aromatic heterocycles. The summed E-state index contributed by atoms with van der Waals surface area (Å²) in [7, 11) is 0. The second-order valence-electron chi connectivity index (χ2n) is 5.40. The van der Waals surface area contributed by atoms with Gasteiger partial charge in [0.25, 0.3) is 0 Å². The minimum Gasteiger partial charge on any atom is -0.487 e. The van der Waals surface area contributed by atoms with Crippen LogP contribution in [0.1, 0.15) is 37.6 Å². The third kappa shape index (κ3) is 4.57. The monoisotopic (exact) mass is 267 g/mol. The molecule has 0 saturated heterocycles. The fourth-order valence-electron chi connectivity index (χ4n) is 1.38. The molecule has 1 aromatic rings. The zero-order chi connectivity index (χ0) is 14.6. The van der Waals surface area contributed by atoms with Gasteiger partial charge in [-0.3, -0.25) is 10.1 Å². The molecule has 0 heterocycles. The van der Waals surface area contributed by atoms with E-state index in [4.69, 9.17) is 9.84 Å². The lowest BCUT2D eigenvalue weighted by molar-refractivity contribution is -0.385. The molecule has 0 atom stereocenters. The largest absolute Gasteiger partial charge is 0.487 e. The quantitative estimate of drug-likeness (QED) is 0.654. The van der Waals surface area contributed by atoms with Crippen molar-refractivity contribution in [3.05, 3.63) is 33.9 Å². The summed E-state index contributed by atoms with van der Waals surface area (Å²) in [5, 5.41) is 19.7. The summed E-state index contributed by atoms with van der Waals surface area (Å²) in [6, 6.07) is 3.63. The predicted octanol–water partition coefficient (Wildman–Crippen LogP) is 3.11. The number of nitro groups is 1. The van der Waals surface area contributed by atoms with Crippen molar-refractivity contribution in [3.63, 3.8) is 0 Å². The number of ether oxygens (including phenoxy) is 1. The molecule has 19 heavy (non-hydrogen) atoms. The molecule has 1 N–H and O–H groups in total. The Labute approximate surface area is 111 Å². The van der Waals surface area contributed by atoms with E-state index in [2.05, 4.69) is 0 Å². The molecule has 6 nitrogen and oxygen atoms in total. The van der Waals surface area contributed by atoms with Crippen LogP contribution in [-0.2, 0) is 0 Å². The molecule has 104 valence electrons. The first-order valence-electron chi connectivity index (χ1n) is 5.85. The number of hydrogen-bond donors (Lipinski definition) is 1. The van der Waals surface area contributed by atoms with E-state index in [-0.39, 0.29) is 22.4 Å². The van der Waals surface area contributed by atoms with Crippen LogP contribution in [-0.4, -0.2) is 22.6 Å². The van der Waals surface area contributed by atoms with E-state index in [1.54, 1.807) is 0 Å². The molecular weight excluding hydrogens is 250 g/mol. The van der Waals surface area contributed by atoms with Gasteiger partial charge in [-0.2, -0.15) is 0 Å². The first-order chi connectivity index (χ1) is 8.70. The maximum Gasteiger partial charge on any atom is 0.335 e. The smallest absolute Gasteiger partial charge is 0.335 e. The second kappa shape index (κ2) is 5.69. The number of aromatic carboxylic acids is 1. The Bertz CT molecular complexity index is 490. The Balaban J connectivity index is 2.89. The van der Waals surface area contributed by atoms with Crippen LogP contribution in [0.5, 0.6) is 5.75 Å². The molecule has 0 aliphatic rings. The van der Waals surface area contributed by atoms with Crippen molar-refractivity contribution in [1.82, 2.24) is 0 Å². The number of hydrogen-bond acceptors (Lipinski definition) is 4. The van der Waals surface area contributed by atoms with E-state index in [0.29, 0.717) is 6.61 Å². The molecule has 0 radical (unpaired) electrons. The summed E-state index contributed by atoms with van der Waals surface area (Å²) in [5.41, 5.74) is -0.390. The molecule has 0 bridgehead atoms. The Morgan fingerprint density at radius 3 is 2.53 bits per heavy atom. The SMILES string of the molecule is CC(C)(C)CCOc1ccc(C(=O)O)cc1[N+](=O)[O-]. The number of carboxylic acid groups (broad SMARTS) is 1. The van der Waals surface area contributed by atoms with Crippen molar-refractivity contribution < 1.29 is 19.6 Å². The van der Waals surface area contributed by atoms with Crippen LogP contribution in [0.25, 0.3) is 0 Å². The van der Waals surface area contributed by atoms with Crippen LogP contribution in [0.4, 0.5) is 5.69 Å². The van der Waals surface area contributed by atoms with Crippen LogP contribution in [0.2, 0.25) is 0 Å². The van der Waals surface area contributed by atoms with Crippen LogP contribution in [0.15, 0.2) is 18.2 Å². The van der Waals surface area contributed by atoms with E-state index in [1.165, 1.54) is 12.1 Å². The number of nitrogens with zero attached hydrogens (tertiary/aromatic N) is 1. The fraction of sp³-hybridized carbons (Fsp3) is 0.462. The maximum atomic E-state index is 10.9. The molecule has 0 fully saturated rings. The fourth-order valence-corrected chi connectivity index (χ4v) is 1.38. The van der Waals surface area contributed by atoms with Crippen LogP contribution in [0.3, 0.4) is 0 Å². The third-order valence-corrected chi connectivity index (χ3v) is 2.51. The predicted molar refractivity (Wildman–Crippen MR) is 69.6 cm³/mol. The van der Waals surface area contributed by atoms with E-state index in [9.17, 15) is 14.9 Å². The molecule has 0 aliphatic heterocycles. The number of carboxylic acids is 1. The number of nitro benzene ring substituents is 1. The summed E-state index contributed by atoms with van der Waals surface area (Å²) in [4.78, 5) is 21.0. The second-order valence-corrected chi connectivity index (χ2v) is 5.40. The average Bonchev–Trinajstić information content (AvgIpc) is 2.27. The lowest BCUT2D eigenvalue weighted by Gasteiger charge is -2.18. The highest BCUT2D eigenvalue weighted by molar-refractivity contribution is 5.88. The summed E-state index contributed by atoms with van der Waals surface area (Å²) in [6.07, 6.45) is 0.741. The Morgan fingerprint density at radius 2 is 2.05 bits per heavy atom. The van der Waals surface area contributed by atoms with Gasteiger partial charge < -0.3 is 9.84 Å². The third-order valence-electron chi connectivity index (χ3n) is 2.51. The van der Waals surface area contributed by atoms with Crippen molar-refractivity contribution in [3.8, 4) is 5.75 Å². The van der Waals surface area contributed by atoms with Crippen molar-refractivity contribution in [2.45, 2.75) is 27.2 Å². The zero-order valence-corrected chi connectivity index (χ0v) is 11.2. The van der Waals surface area contributed by atoms with Gasteiger partial charge in [0.1, 0.15) is 0 Å². The lowest BCUT2D eigenvalue weighted by atomic mass is 9.93. The maximum absolute atomic E-state index is 10.9. The molecule has 0 amide bonds. The lowest BCUT2D eigenvalue weighted by Crippen LogP contribution is -2.11. The first kappa shape index (κ1) is 14.9. The highest BCUT2D eigenvalue weighted by atomic mass is 16.6. The molecule has 0 spiro atoms. The van der Waals surface area contributed by atoms with Gasteiger partial charge >= 0.3 is 11.7 Å². The van der Waals surface area contributed by atoms with Gasteiger partial charge in [-0.1, -0.05) is 20.8 Å². The molecular formula is C13H17NO5. The van der Waals surface area contributed by atoms with Gasteiger partial charge in [-0.25, -0.2) is 4.79 Å². The van der Waals surface area contributed by atoms with Crippen molar-refractivity contribution in [2.24, 2.45) is 5.41 Å². The molecule has 1 aromatic carbocycles. The number of benzene rings is 1. The average molecular weight is 267 g/mol. The van der Waals surface area contributed by atoms with Gasteiger partial charge in [0.05, 0.1) is 17.1 Å². The van der Waals surface area contributed by atoms with Gasteiger partial charge in [-0.15, -0.1) is 0 Å². The first-order valence-corrected chi connectivity index (χ1v) is 5.85. The van der Waals surface area contributed by atoms with Crippen molar-refractivity contribution in [2.75, 3.05) is 6.61 Å². The minimum absolute atomic E-state index is 0.0653. The Kier molecular flexibility index (Phi) is 4.47. The molecule has 0 unspecified atom stereocenters. The Morgan fingerprint density at radius 1 is 1.42 bits per heavy atom. The van der Waals surface area contributed by atoms with Gasteiger partial charge in [0, 0.05) is 6.07 Å². The number of carbonyl (C=O) groups is 1. The minimum atomic E-state index is -1.20. The summed E-state index contributed by atoms with van der Waals surface area (Å²) < 4.78 is 5.37.